The molecule has 224 valence electrons. The monoisotopic (exact) mass is 574 g/mol. The molecule has 10 nitrogen and oxygen atoms in total. The maximum Gasteiger partial charge on any atom is 0.314 e. The topological polar surface area (TPSA) is 132 Å². The van der Waals surface area contributed by atoms with Gasteiger partial charge in [0, 0.05) is 25.0 Å². The molecule has 5 amide bonds. The number of carbonyl (C=O) groups is 4. The van der Waals surface area contributed by atoms with Gasteiger partial charge in [-0.25, -0.2) is 4.79 Å². The average Bonchev–Trinajstić information content (AvgIpc) is 3.39. The predicted molar refractivity (Wildman–Crippen MR) is 164 cm³/mol. The minimum atomic E-state index is -0.862. The van der Waals surface area contributed by atoms with Crippen molar-refractivity contribution in [1.82, 2.24) is 31.4 Å². The lowest BCUT2D eigenvalue weighted by atomic mass is 9.92. The van der Waals surface area contributed by atoms with Gasteiger partial charge in [0.2, 0.25) is 17.7 Å². The van der Waals surface area contributed by atoms with E-state index in [9.17, 15) is 19.2 Å². The molecule has 0 radical (unpaired) electrons. The van der Waals surface area contributed by atoms with Gasteiger partial charge in [0.25, 0.3) is 0 Å². The van der Waals surface area contributed by atoms with Crippen LogP contribution in [0.25, 0.3) is 0 Å². The number of amides is 5. The zero-order chi connectivity index (χ0) is 30.1. The van der Waals surface area contributed by atoms with Crippen LogP contribution >= 0.6 is 0 Å². The van der Waals surface area contributed by atoms with E-state index in [-0.39, 0.29) is 48.3 Å². The summed E-state index contributed by atoms with van der Waals surface area (Å²) in [5.41, 5.74) is 1.90. The third-order valence-electron chi connectivity index (χ3n) is 8.45. The molecule has 5 N–H and O–H groups in total. The molecule has 2 saturated heterocycles. The second kappa shape index (κ2) is 14.9. The van der Waals surface area contributed by atoms with Crippen LogP contribution in [-0.4, -0.2) is 73.9 Å². The van der Waals surface area contributed by atoms with Crippen LogP contribution < -0.4 is 26.5 Å². The maximum atomic E-state index is 14.3. The van der Waals surface area contributed by atoms with Crippen molar-refractivity contribution < 1.29 is 19.2 Å². The number of benzene rings is 2. The highest BCUT2D eigenvalue weighted by Gasteiger charge is 2.48. The van der Waals surface area contributed by atoms with Gasteiger partial charge in [0.05, 0.1) is 12.1 Å². The Morgan fingerprint density at radius 1 is 0.905 bits per heavy atom. The lowest BCUT2D eigenvalue weighted by Crippen LogP contribution is -2.59. The number of fused-ring (bicyclic) bond motifs is 1. The van der Waals surface area contributed by atoms with Crippen molar-refractivity contribution in [2.75, 3.05) is 13.1 Å². The molecular weight excluding hydrogens is 531 g/mol. The van der Waals surface area contributed by atoms with E-state index < -0.39 is 18.1 Å². The van der Waals surface area contributed by atoms with E-state index in [0.717, 1.165) is 11.1 Å². The molecule has 2 aliphatic rings. The number of nitrogens with zero attached hydrogens (tertiary/aromatic N) is 1. The molecular formula is C31H43BN6O4. The molecule has 4 rings (SSSR count). The molecule has 42 heavy (non-hydrogen) atoms. The highest BCUT2D eigenvalue weighted by atomic mass is 16.2. The van der Waals surface area contributed by atoms with Gasteiger partial charge in [0.1, 0.15) is 12.1 Å². The Labute approximate surface area is 249 Å². The minimum absolute atomic E-state index is 0.111. The fourth-order valence-corrected chi connectivity index (χ4v) is 6.20. The van der Waals surface area contributed by atoms with Gasteiger partial charge in [-0.05, 0) is 50.2 Å². The molecule has 5 atom stereocenters. The fraction of sp³-hybridized carbons (Fsp3) is 0.484. The first kappa shape index (κ1) is 31.1. The first-order chi connectivity index (χ1) is 20.4. The van der Waals surface area contributed by atoms with Crippen LogP contribution in [0.4, 0.5) is 4.79 Å². The van der Waals surface area contributed by atoms with Crippen LogP contribution in [0.2, 0.25) is 0 Å². The molecule has 0 saturated carbocycles. The van der Waals surface area contributed by atoms with Crippen molar-refractivity contribution in [3.63, 3.8) is 0 Å². The third-order valence-corrected chi connectivity index (χ3v) is 8.45. The smallest absolute Gasteiger partial charge is 0.314 e. The number of hydrogen-bond donors (Lipinski definition) is 5. The highest BCUT2D eigenvalue weighted by molar-refractivity contribution is 6.07. The summed E-state index contributed by atoms with van der Waals surface area (Å²) in [7, 11) is 1.71. The van der Waals surface area contributed by atoms with E-state index in [1.807, 2.05) is 74.5 Å². The fourth-order valence-electron chi connectivity index (χ4n) is 6.20. The summed E-state index contributed by atoms with van der Waals surface area (Å²) in [6.07, 6.45) is 3.13. The van der Waals surface area contributed by atoms with Crippen molar-refractivity contribution in [3.8, 4) is 0 Å². The normalized spacial score (nSPS) is 22.5. The number of nitrogens with one attached hydrogen (secondary N) is 5. The Morgan fingerprint density at radius 3 is 2.10 bits per heavy atom. The van der Waals surface area contributed by atoms with Gasteiger partial charge in [-0.2, -0.15) is 0 Å². The minimum Gasteiger partial charge on any atom is -0.352 e. The van der Waals surface area contributed by atoms with Crippen LogP contribution in [0.3, 0.4) is 0 Å². The maximum absolute atomic E-state index is 14.3. The largest absolute Gasteiger partial charge is 0.352 e. The van der Waals surface area contributed by atoms with Crippen LogP contribution in [-0.2, 0) is 14.4 Å². The van der Waals surface area contributed by atoms with Gasteiger partial charge in [-0.1, -0.05) is 67.6 Å². The molecule has 0 bridgehead atoms. The van der Waals surface area contributed by atoms with E-state index in [1.165, 1.54) is 0 Å². The van der Waals surface area contributed by atoms with Gasteiger partial charge in [-0.3, -0.25) is 14.4 Å². The molecule has 2 aromatic rings. The van der Waals surface area contributed by atoms with Gasteiger partial charge in [-0.15, -0.1) is 0 Å². The number of carbonyl (C=O) groups excluding carboxylic acids is 4. The molecule has 11 heteroatoms. The first-order valence-electron chi connectivity index (χ1n) is 15.1. The Balaban J connectivity index is 1.58. The molecule has 2 fully saturated rings. The van der Waals surface area contributed by atoms with Crippen molar-refractivity contribution in [2.24, 2.45) is 5.92 Å². The second-order valence-electron chi connectivity index (χ2n) is 11.1. The van der Waals surface area contributed by atoms with Gasteiger partial charge >= 0.3 is 6.03 Å². The van der Waals surface area contributed by atoms with E-state index in [4.69, 9.17) is 0 Å². The Hall–Kier alpha value is -3.86. The molecule has 0 unspecified atom stereocenters. The molecule has 0 spiro atoms. The molecule has 0 aromatic heterocycles. The number of rotatable bonds is 11. The van der Waals surface area contributed by atoms with E-state index in [1.54, 1.807) is 12.9 Å². The van der Waals surface area contributed by atoms with Gasteiger partial charge in [0.15, 0.2) is 7.98 Å². The van der Waals surface area contributed by atoms with Crippen LogP contribution in [0.15, 0.2) is 60.7 Å². The SMILES string of the molecule is BN[C@@H](CC)C(=O)N[C@@H]1C(=O)N2[C@@H](CC[C@@H]1CNC(=O)NCC)CC[C@H]2C(=O)NC(c1ccccc1)c1ccccc1. The standard InChI is InChI=1S/C31H43BN6O4/c1-3-24(37-32)28(39)36-27-22(19-34-31(42)33-4-2)15-16-23-17-18-25(38(23)30(27)41)29(40)35-26(20-11-7-5-8-12-20)21-13-9-6-10-14-21/h5-14,22-27,37H,3-4,15-19,32H2,1-2H3,(H,35,40)(H,36,39)(H2,33,34,42)/t22-,23+,24+,25+,27+/m1/s1. The summed E-state index contributed by atoms with van der Waals surface area (Å²) in [5.74, 6) is -1.07. The first-order valence-corrected chi connectivity index (χ1v) is 15.1. The van der Waals surface area contributed by atoms with E-state index in [2.05, 4.69) is 26.5 Å². The highest BCUT2D eigenvalue weighted by Crippen LogP contribution is 2.35. The summed E-state index contributed by atoms with van der Waals surface area (Å²) >= 11 is 0. The lowest BCUT2D eigenvalue weighted by Gasteiger charge is -2.33. The summed E-state index contributed by atoms with van der Waals surface area (Å²) in [6, 6.07) is 16.8. The zero-order valence-corrected chi connectivity index (χ0v) is 24.8. The zero-order valence-electron chi connectivity index (χ0n) is 24.8. The van der Waals surface area contributed by atoms with Gasteiger partial charge < -0.3 is 31.4 Å². The van der Waals surface area contributed by atoms with Crippen molar-refractivity contribution in [3.05, 3.63) is 71.8 Å². The van der Waals surface area contributed by atoms with Crippen molar-refractivity contribution >= 4 is 31.7 Å². The summed E-state index contributed by atoms with van der Waals surface area (Å²) < 4.78 is 0. The molecule has 2 aromatic carbocycles. The molecule has 0 aliphatic carbocycles. The summed E-state index contributed by atoms with van der Waals surface area (Å²) in [5, 5.41) is 14.8. The number of hydrogen-bond acceptors (Lipinski definition) is 5. The second-order valence-corrected chi connectivity index (χ2v) is 11.1. The van der Waals surface area contributed by atoms with Crippen LogP contribution in [0.5, 0.6) is 0 Å². The van der Waals surface area contributed by atoms with E-state index in [0.29, 0.717) is 38.6 Å². The summed E-state index contributed by atoms with van der Waals surface area (Å²) in [6.45, 7) is 4.45. The van der Waals surface area contributed by atoms with Crippen molar-refractivity contribution in [1.29, 1.82) is 0 Å². The Bertz CT molecular complexity index is 1170. The Morgan fingerprint density at radius 2 is 1.52 bits per heavy atom. The van der Waals surface area contributed by atoms with Crippen molar-refractivity contribution in [2.45, 2.75) is 76.2 Å². The Kier molecular flexibility index (Phi) is 11.0. The molecule has 2 aliphatic heterocycles. The molecule has 2 heterocycles. The van der Waals surface area contributed by atoms with E-state index >= 15 is 0 Å². The summed E-state index contributed by atoms with van der Waals surface area (Å²) in [4.78, 5) is 55.3. The average molecular weight is 575 g/mol. The lowest BCUT2D eigenvalue weighted by molar-refractivity contribution is -0.143. The van der Waals surface area contributed by atoms with Crippen LogP contribution in [0, 0.1) is 5.92 Å². The third kappa shape index (κ3) is 7.31. The quantitative estimate of drug-likeness (QED) is 0.259. The number of urea groups is 1. The predicted octanol–water partition coefficient (Wildman–Crippen LogP) is 1.38. The van der Waals surface area contributed by atoms with Crippen LogP contribution in [0.1, 0.15) is 63.1 Å².